The number of amides is 1. The Bertz CT molecular complexity index is 503. The highest BCUT2D eigenvalue weighted by atomic mass is 16.5. The number of carbonyl (C=O) groups is 1. The first-order valence-electron chi connectivity index (χ1n) is 9.11. The van der Waals surface area contributed by atoms with Crippen LogP contribution >= 0.6 is 0 Å². The number of hydrogen-bond donors (Lipinski definition) is 2. The number of para-hydroxylation sites is 1. The molecular weight excluding hydrogens is 302 g/mol. The van der Waals surface area contributed by atoms with Crippen molar-refractivity contribution in [1.82, 2.24) is 5.32 Å². The van der Waals surface area contributed by atoms with Gasteiger partial charge in [0, 0.05) is 12.5 Å². The number of benzene rings is 1. The molecule has 24 heavy (non-hydrogen) atoms. The van der Waals surface area contributed by atoms with Crippen LogP contribution in [0.3, 0.4) is 0 Å². The highest BCUT2D eigenvalue weighted by Gasteiger charge is 2.35. The average molecular weight is 333 g/mol. The number of nitrogens with one attached hydrogen (secondary N) is 1. The van der Waals surface area contributed by atoms with Crippen molar-refractivity contribution in [3.05, 3.63) is 30.3 Å². The van der Waals surface area contributed by atoms with Crippen molar-refractivity contribution in [2.45, 2.75) is 46.1 Å². The van der Waals surface area contributed by atoms with Crippen molar-refractivity contribution in [2.24, 2.45) is 23.7 Å². The van der Waals surface area contributed by atoms with Crippen molar-refractivity contribution >= 4 is 5.91 Å². The van der Waals surface area contributed by atoms with E-state index in [0.29, 0.717) is 17.8 Å². The van der Waals surface area contributed by atoms with Gasteiger partial charge in [-0.1, -0.05) is 45.4 Å². The zero-order valence-corrected chi connectivity index (χ0v) is 15.1. The van der Waals surface area contributed by atoms with Crippen LogP contribution in [0.25, 0.3) is 0 Å². The van der Waals surface area contributed by atoms with Gasteiger partial charge in [-0.3, -0.25) is 4.79 Å². The Kier molecular flexibility index (Phi) is 7.10. The summed E-state index contributed by atoms with van der Waals surface area (Å²) in [7, 11) is 0. The summed E-state index contributed by atoms with van der Waals surface area (Å²) >= 11 is 0. The van der Waals surface area contributed by atoms with E-state index in [1.54, 1.807) is 0 Å². The number of ether oxygens (including phenoxy) is 1. The lowest BCUT2D eigenvalue weighted by Gasteiger charge is -2.36. The average Bonchev–Trinajstić information content (AvgIpc) is 2.58. The minimum atomic E-state index is -0.701. The Morgan fingerprint density at radius 1 is 1.29 bits per heavy atom. The van der Waals surface area contributed by atoms with Crippen LogP contribution in [0.4, 0.5) is 0 Å². The molecule has 1 saturated carbocycles. The SMILES string of the molecule is CC(C)[C@@H]1CC[C@@H](C)C[C@H]1C(=O)NCC(O)COc1ccccc1. The Balaban J connectivity index is 1.78. The van der Waals surface area contributed by atoms with Crippen molar-refractivity contribution in [1.29, 1.82) is 0 Å². The van der Waals surface area contributed by atoms with Gasteiger partial charge in [-0.2, -0.15) is 0 Å². The number of carbonyl (C=O) groups excluding carboxylic acids is 1. The van der Waals surface area contributed by atoms with E-state index in [9.17, 15) is 9.90 Å². The molecule has 0 radical (unpaired) electrons. The van der Waals surface area contributed by atoms with Crippen LogP contribution in [0, 0.1) is 23.7 Å². The predicted octanol–water partition coefficient (Wildman–Crippen LogP) is 3.25. The lowest BCUT2D eigenvalue weighted by Crippen LogP contribution is -2.43. The first-order valence-corrected chi connectivity index (χ1v) is 9.11. The van der Waals surface area contributed by atoms with Crippen molar-refractivity contribution < 1.29 is 14.6 Å². The van der Waals surface area contributed by atoms with E-state index >= 15 is 0 Å². The van der Waals surface area contributed by atoms with Crippen LogP contribution in [-0.4, -0.2) is 30.3 Å². The third-order valence-electron chi connectivity index (χ3n) is 5.06. The normalized spacial score (nSPS) is 25.3. The summed E-state index contributed by atoms with van der Waals surface area (Å²) in [5.74, 6) is 2.43. The van der Waals surface area contributed by atoms with Gasteiger partial charge in [0.05, 0.1) is 0 Å². The highest BCUT2D eigenvalue weighted by Crippen LogP contribution is 2.38. The van der Waals surface area contributed by atoms with Gasteiger partial charge in [-0.25, -0.2) is 0 Å². The van der Waals surface area contributed by atoms with E-state index in [2.05, 4.69) is 26.1 Å². The summed E-state index contributed by atoms with van der Waals surface area (Å²) in [4.78, 5) is 12.6. The molecule has 4 nitrogen and oxygen atoms in total. The minimum Gasteiger partial charge on any atom is -0.491 e. The van der Waals surface area contributed by atoms with E-state index in [4.69, 9.17) is 4.74 Å². The maximum absolute atomic E-state index is 12.6. The molecule has 0 spiro atoms. The Morgan fingerprint density at radius 3 is 2.67 bits per heavy atom. The number of aliphatic hydroxyl groups excluding tert-OH is 1. The van der Waals surface area contributed by atoms with Gasteiger partial charge in [-0.05, 0) is 42.7 Å². The molecule has 1 unspecified atom stereocenters. The number of hydrogen-bond acceptors (Lipinski definition) is 3. The van der Waals surface area contributed by atoms with Gasteiger partial charge >= 0.3 is 0 Å². The topological polar surface area (TPSA) is 58.6 Å². The van der Waals surface area contributed by atoms with Gasteiger partial charge in [0.25, 0.3) is 0 Å². The third-order valence-corrected chi connectivity index (χ3v) is 5.06. The second-order valence-corrected chi connectivity index (χ2v) is 7.46. The molecule has 4 atom stereocenters. The molecule has 134 valence electrons. The molecule has 1 aliphatic rings. The Hall–Kier alpha value is -1.55. The van der Waals surface area contributed by atoms with E-state index in [1.807, 2.05) is 30.3 Å². The van der Waals surface area contributed by atoms with E-state index < -0.39 is 6.10 Å². The van der Waals surface area contributed by atoms with Crippen molar-refractivity contribution in [3.63, 3.8) is 0 Å². The quantitative estimate of drug-likeness (QED) is 0.805. The molecule has 0 saturated heterocycles. The van der Waals surface area contributed by atoms with Crippen LogP contribution in [-0.2, 0) is 4.79 Å². The van der Waals surface area contributed by atoms with Gasteiger partial charge < -0.3 is 15.2 Å². The summed E-state index contributed by atoms with van der Waals surface area (Å²) in [6.45, 7) is 7.03. The van der Waals surface area contributed by atoms with Gasteiger partial charge in [0.15, 0.2) is 0 Å². The lowest BCUT2D eigenvalue weighted by molar-refractivity contribution is -0.129. The van der Waals surface area contributed by atoms with E-state index in [-0.39, 0.29) is 25.0 Å². The molecular formula is C20H31NO3. The number of aliphatic hydroxyl groups is 1. The van der Waals surface area contributed by atoms with E-state index in [0.717, 1.165) is 18.6 Å². The van der Waals surface area contributed by atoms with Crippen LogP contribution in [0.2, 0.25) is 0 Å². The van der Waals surface area contributed by atoms with Crippen LogP contribution < -0.4 is 10.1 Å². The fraction of sp³-hybridized carbons (Fsp3) is 0.650. The first kappa shape index (κ1) is 18.8. The van der Waals surface area contributed by atoms with Gasteiger partial charge in [0.1, 0.15) is 18.5 Å². The second-order valence-electron chi connectivity index (χ2n) is 7.46. The molecule has 1 fully saturated rings. The molecule has 0 aromatic heterocycles. The smallest absolute Gasteiger partial charge is 0.223 e. The maximum atomic E-state index is 12.6. The third kappa shape index (κ3) is 5.52. The summed E-state index contributed by atoms with van der Waals surface area (Å²) in [5.41, 5.74) is 0. The minimum absolute atomic E-state index is 0.0657. The van der Waals surface area contributed by atoms with Crippen LogP contribution in [0.15, 0.2) is 30.3 Å². The number of rotatable bonds is 7. The Labute approximate surface area is 145 Å². The fourth-order valence-corrected chi connectivity index (χ4v) is 3.62. The molecule has 1 amide bonds. The summed E-state index contributed by atoms with van der Waals surface area (Å²) in [6.07, 6.45) is 2.58. The highest BCUT2D eigenvalue weighted by molar-refractivity contribution is 5.79. The zero-order chi connectivity index (χ0) is 17.5. The zero-order valence-electron chi connectivity index (χ0n) is 15.1. The van der Waals surface area contributed by atoms with Crippen LogP contribution in [0.5, 0.6) is 5.75 Å². The standard InChI is InChI=1S/C20H31NO3/c1-14(2)18-10-9-15(3)11-19(18)20(23)21-12-16(22)13-24-17-7-5-4-6-8-17/h4-8,14-16,18-19,22H,9-13H2,1-3H3,(H,21,23)/t15-,16?,18+,19-/m1/s1. The molecule has 4 heteroatoms. The maximum Gasteiger partial charge on any atom is 0.223 e. The van der Waals surface area contributed by atoms with E-state index in [1.165, 1.54) is 6.42 Å². The lowest BCUT2D eigenvalue weighted by atomic mass is 9.70. The van der Waals surface area contributed by atoms with Crippen LogP contribution in [0.1, 0.15) is 40.0 Å². The molecule has 2 N–H and O–H groups in total. The molecule has 1 aromatic rings. The fourth-order valence-electron chi connectivity index (χ4n) is 3.62. The first-order chi connectivity index (χ1) is 11.5. The molecule has 2 rings (SSSR count). The molecule has 0 bridgehead atoms. The molecule has 0 heterocycles. The van der Waals surface area contributed by atoms with Gasteiger partial charge in [0.2, 0.25) is 5.91 Å². The summed E-state index contributed by atoms with van der Waals surface area (Å²) in [6, 6.07) is 9.39. The summed E-state index contributed by atoms with van der Waals surface area (Å²) in [5, 5.41) is 13.0. The molecule has 1 aliphatic carbocycles. The van der Waals surface area contributed by atoms with Gasteiger partial charge in [-0.15, -0.1) is 0 Å². The second kappa shape index (κ2) is 9.07. The predicted molar refractivity (Wildman–Crippen MR) is 95.8 cm³/mol. The molecule has 1 aromatic carbocycles. The Morgan fingerprint density at radius 2 is 2.00 bits per heavy atom. The monoisotopic (exact) mass is 333 g/mol. The van der Waals surface area contributed by atoms with Crippen molar-refractivity contribution in [2.75, 3.05) is 13.2 Å². The molecule has 0 aliphatic heterocycles. The summed E-state index contributed by atoms with van der Waals surface area (Å²) < 4.78 is 5.52. The van der Waals surface area contributed by atoms with Crippen molar-refractivity contribution in [3.8, 4) is 5.75 Å². The largest absolute Gasteiger partial charge is 0.491 e.